The molecule has 4 rings (SSSR count). The standard InChI is InChI=1S/C15H19ClN2O.C8H4Cl2N2.C6H15NO/c1-10(2)7-11(9-19)8-14-15(16)18-13-6-4-3-5-12(13)17-14;9-7-8(10)12-6-4-2-1-3-5(6)11-7;1-5(2)3-6(7)4-8/h3-6,10-11,19H,7-9H2,1-2H3;1-4H;5-6,8H,3-4,7H2,1-2H3. The molecule has 10 heteroatoms. The van der Waals surface area contributed by atoms with E-state index in [2.05, 4.69) is 47.6 Å². The smallest absolute Gasteiger partial charge is 0.167 e. The second-order valence-electron chi connectivity index (χ2n) is 10.2. The van der Waals surface area contributed by atoms with E-state index in [0.717, 1.165) is 40.6 Å². The first-order valence-electron chi connectivity index (χ1n) is 13.0. The van der Waals surface area contributed by atoms with Crippen molar-refractivity contribution in [1.29, 1.82) is 0 Å². The Morgan fingerprint density at radius 2 is 1.05 bits per heavy atom. The highest BCUT2D eigenvalue weighted by molar-refractivity contribution is 6.40. The molecule has 0 fully saturated rings. The van der Waals surface area contributed by atoms with Crippen LogP contribution in [0.15, 0.2) is 48.5 Å². The third-order valence-corrected chi connectivity index (χ3v) is 6.56. The summed E-state index contributed by atoms with van der Waals surface area (Å²) in [5.74, 6) is 1.33. The van der Waals surface area contributed by atoms with Crippen LogP contribution in [0.3, 0.4) is 0 Å². The molecular weight excluding hydrogens is 557 g/mol. The van der Waals surface area contributed by atoms with E-state index in [4.69, 9.17) is 45.6 Å². The molecule has 0 bridgehead atoms. The van der Waals surface area contributed by atoms with E-state index in [1.165, 1.54) is 0 Å². The van der Waals surface area contributed by atoms with Crippen molar-refractivity contribution in [3.8, 4) is 0 Å². The van der Waals surface area contributed by atoms with Crippen LogP contribution in [0.5, 0.6) is 0 Å². The molecule has 0 saturated heterocycles. The monoisotopic (exact) mass is 593 g/mol. The SMILES string of the molecule is CC(C)CC(CO)Cc1nc2ccccc2nc1Cl.CC(C)CC(N)CO.Clc1nc2ccccc2nc1Cl. The summed E-state index contributed by atoms with van der Waals surface area (Å²) >= 11 is 17.5. The zero-order valence-electron chi connectivity index (χ0n) is 22.9. The highest BCUT2D eigenvalue weighted by atomic mass is 35.5. The van der Waals surface area contributed by atoms with Gasteiger partial charge in [0.15, 0.2) is 15.5 Å². The van der Waals surface area contributed by atoms with Crippen LogP contribution >= 0.6 is 34.8 Å². The zero-order chi connectivity index (χ0) is 28.9. The summed E-state index contributed by atoms with van der Waals surface area (Å²) in [5, 5.41) is 18.8. The number of benzene rings is 2. The molecule has 7 nitrogen and oxygen atoms in total. The number of aliphatic hydroxyl groups is 2. The van der Waals surface area contributed by atoms with Crippen molar-refractivity contribution in [3.63, 3.8) is 0 Å². The molecule has 0 aliphatic carbocycles. The molecule has 0 aliphatic rings. The Kier molecular flexibility index (Phi) is 14.3. The van der Waals surface area contributed by atoms with Gasteiger partial charge in [-0.05, 0) is 61.3 Å². The van der Waals surface area contributed by atoms with Crippen molar-refractivity contribution >= 4 is 56.9 Å². The van der Waals surface area contributed by atoms with Crippen LogP contribution in [0, 0.1) is 17.8 Å². The van der Waals surface area contributed by atoms with Crippen molar-refractivity contribution in [1.82, 2.24) is 19.9 Å². The molecule has 4 aromatic rings. The first kappa shape index (κ1) is 33.1. The Balaban J connectivity index is 0.000000228. The third kappa shape index (κ3) is 11.5. The van der Waals surface area contributed by atoms with Crippen LogP contribution in [0.25, 0.3) is 22.1 Å². The highest BCUT2D eigenvalue weighted by Gasteiger charge is 2.15. The summed E-state index contributed by atoms with van der Waals surface area (Å²) in [6.07, 6.45) is 2.54. The lowest BCUT2D eigenvalue weighted by Gasteiger charge is -2.16. The number of para-hydroxylation sites is 4. The molecule has 2 heterocycles. The minimum Gasteiger partial charge on any atom is -0.396 e. The first-order valence-corrected chi connectivity index (χ1v) is 14.1. The van der Waals surface area contributed by atoms with Crippen LogP contribution < -0.4 is 5.73 Å². The van der Waals surface area contributed by atoms with Gasteiger partial charge in [-0.1, -0.05) is 86.8 Å². The maximum absolute atomic E-state index is 9.45. The average Bonchev–Trinajstić information content (AvgIpc) is 2.89. The second-order valence-corrected chi connectivity index (χ2v) is 11.3. The molecule has 0 radical (unpaired) electrons. The van der Waals surface area contributed by atoms with Gasteiger partial charge in [0.2, 0.25) is 0 Å². The predicted molar refractivity (Wildman–Crippen MR) is 162 cm³/mol. The molecule has 2 aromatic carbocycles. The van der Waals surface area contributed by atoms with E-state index in [1.807, 2.05) is 48.5 Å². The largest absolute Gasteiger partial charge is 0.396 e. The number of rotatable bonds is 8. The van der Waals surface area contributed by atoms with Gasteiger partial charge in [-0.25, -0.2) is 19.9 Å². The Hall–Kier alpha value is -2.13. The minimum atomic E-state index is -0.0185. The van der Waals surface area contributed by atoms with Gasteiger partial charge >= 0.3 is 0 Å². The number of nitrogens with two attached hydrogens (primary N) is 1. The molecule has 0 amide bonds. The number of hydrogen-bond donors (Lipinski definition) is 3. The highest BCUT2D eigenvalue weighted by Crippen LogP contribution is 2.23. The molecule has 0 spiro atoms. The van der Waals surface area contributed by atoms with Gasteiger partial charge in [0.1, 0.15) is 0 Å². The lowest BCUT2D eigenvalue weighted by atomic mass is 9.94. The van der Waals surface area contributed by atoms with Crippen LogP contribution in [-0.4, -0.2) is 49.4 Å². The normalized spacial score (nSPS) is 12.6. The van der Waals surface area contributed by atoms with Crippen LogP contribution in [0.2, 0.25) is 15.5 Å². The molecule has 212 valence electrons. The second kappa shape index (κ2) is 16.9. The average molecular weight is 595 g/mol. The molecule has 0 aliphatic heterocycles. The Morgan fingerprint density at radius 1 is 0.641 bits per heavy atom. The fourth-order valence-corrected chi connectivity index (χ4v) is 4.42. The summed E-state index contributed by atoms with van der Waals surface area (Å²) in [4.78, 5) is 17.0. The van der Waals surface area contributed by atoms with Crippen molar-refractivity contribution in [2.75, 3.05) is 13.2 Å². The summed E-state index contributed by atoms with van der Waals surface area (Å²) in [6, 6.07) is 15.1. The van der Waals surface area contributed by atoms with Gasteiger partial charge in [0.05, 0.1) is 34.4 Å². The quantitative estimate of drug-likeness (QED) is 0.206. The number of hydrogen-bond acceptors (Lipinski definition) is 7. The molecule has 39 heavy (non-hydrogen) atoms. The molecule has 2 atom stereocenters. The molecule has 0 saturated carbocycles. The predicted octanol–water partition coefficient (Wildman–Crippen LogP) is 6.77. The van der Waals surface area contributed by atoms with Crippen molar-refractivity contribution in [3.05, 3.63) is 69.7 Å². The van der Waals surface area contributed by atoms with Gasteiger partial charge < -0.3 is 15.9 Å². The van der Waals surface area contributed by atoms with Crippen LogP contribution in [0.4, 0.5) is 0 Å². The number of fused-ring (bicyclic) bond motifs is 2. The Morgan fingerprint density at radius 3 is 1.41 bits per heavy atom. The minimum absolute atomic E-state index is 0.0185. The van der Waals surface area contributed by atoms with Crippen LogP contribution in [-0.2, 0) is 6.42 Å². The lowest BCUT2D eigenvalue weighted by molar-refractivity contribution is 0.204. The van der Waals surface area contributed by atoms with Gasteiger partial charge in [-0.3, -0.25) is 0 Å². The maximum atomic E-state index is 9.45. The fourth-order valence-electron chi connectivity index (χ4n) is 3.94. The summed E-state index contributed by atoms with van der Waals surface area (Å²) in [6.45, 7) is 8.75. The maximum Gasteiger partial charge on any atom is 0.167 e. The van der Waals surface area contributed by atoms with Gasteiger partial charge in [0.25, 0.3) is 0 Å². The van der Waals surface area contributed by atoms with Gasteiger partial charge in [-0.15, -0.1) is 0 Å². The van der Waals surface area contributed by atoms with E-state index in [-0.39, 0.29) is 35.5 Å². The van der Waals surface area contributed by atoms with Gasteiger partial charge in [-0.2, -0.15) is 0 Å². The van der Waals surface area contributed by atoms with E-state index in [0.29, 0.717) is 23.4 Å². The third-order valence-electron chi connectivity index (χ3n) is 5.64. The van der Waals surface area contributed by atoms with E-state index < -0.39 is 0 Å². The molecule has 4 N–H and O–H groups in total. The van der Waals surface area contributed by atoms with Crippen LogP contribution in [0.1, 0.15) is 46.2 Å². The number of aromatic nitrogens is 4. The molecule has 2 unspecified atom stereocenters. The van der Waals surface area contributed by atoms with Crippen molar-refractivity contribution in [2.24, 2.45) is 23.5 Å². The molecular formula is C29H38Cl3N5O2. The molecule has 2 aromatic heterocycles. The Labute approximate surface area is 245 Å². The topological polar surface area (TPSA) is 118 Å². The van der Waals surface area contributed by atoms with E-state index in [9.17, 15) is 5.11 Å². The van der Waals surface area contributed by atoms with Gasteiger partial charge in [0, 0.05) is 12.6 Å². The van der Waals surface area contributed by atoms with E-state index in [1.54, 1.807) is 0 Å². The number of aliphatic hydroxyl groups excluding tert-OH is 2. The van der Waals surface area contributed by atoms with E-state index >= 15 is 0 Å². The van der Waals surface area contributed by atoms with Crippen molar-refractivity contribution < 1.29 is 10.2 Å². The fraction of sp³-hybridized carbons (Fsp3) is 0.448. The lowest BCUT2D eigenvalue weighted by Crippen LogP contribution is -2.25. The summed E-state index contributed by atoms with van der Waals surface area (Å²) in [7, 11) is 0. The summed E-state index contributed by atoms with van der Waals surface area (Å²) < 4.78 is 0. The number of halogens is 3. The zero-order valence-corrected chi connectivity index (χ0v) is 25.1. The van der Waals surface area contributed by atoms with Crippen molar-refractivity contribution in [2.45, 2.75) is 53.0 Å². The first-order chi connectivity index (χ1) is 18.5. The number of nitrogens with zero attached hydrogens (tertiary/aromatic N) is 4. The summed E-state index contributed by atoms with van der Waals surface area (Å²) in [5.41, 5.74) is 9.37. The Bertz CT molecular complexity index is 1270.